The standard InChI is InChI=1S/C13H16/c1-13-9-5-4-8-12(13)10-6-2-3-7-11(10)13/h2-3,6-7,12H,4-5,8-9H2,1H3. The molecular formula is C13H16. The molecule has 2 unspecified atom stereocenters. The molecule has 0 nitrogen and oxygen atoms in total. The topological polar surface area (TPSA) is 0 Å². The second kappa shape index (κ2) is 2.37. The Morgan fingerprint density at radius 2 is 2.08 bits per heavy atom. The maximum atomic E-state index is 2.46. The summed E-state index contributed by atoms with van der Waals surface area (Å²) in [7, 11) is 0. The van der Waals surface area contributed by atoms with Crippen LogP contribution in [-0.4, -0.2) is 0 Å². The molecule has 0 spiro atoms. The van der Waals surface area contributed by atoms with Crippen molar-refractivity contribution in [3.63, 3.8) is 0 Å². The number of rotatable bonds is 0. The van der Waals surface area contributed by atoms with Crippen LogP contribution in [0.4, 0.5) is 0 Å². The lowest BCUT2D eigenvalue weighted by molar-refractivity contribution is 0.225. The average Bonchev–Trinajstić information content (AvgIpc) is 2.17. The lowest BCUT2D eigenvalue weighted by Gasteiger charge is -2.52. The van der Waals surface area contributed by atoms with Gasteiger partial charge in [-0.2, -0.15) is 0 Å². The fourth-order valence-corrected chi connectivity index (χ4v) is 3.40. The maximum absolute atomic E-state index is 2.46. The molecular weight excluding hydrogens is 156 g/mol. The molecule has 0 heteroatoms. The van der Waals surface area contributed by atoms with E-state index in [4.69, 9.17) is 0 Å². The van der Waals surface area contributed by atoms with Crippen LogP contribution in [0.1, 0.15) is 49.7 Å². The molecule has 1 saturated carbocycles. The molecule has 0 aromatic heterocycles. The highest BCUT2D eigenvalue weighted by Gasteiger charge is 2.48. The fourth-order valence-electron chi connectivity index (χ4n) is 3.40. The average molecular weight is 172 g/mol. The minimum atomic E-state index is 0.550. The predicted molar refractivity (Wildman–Crippen MR) is 55.0 cm³/mol. The second-order valence-corrected chi connectivity index (χ2v) is 4.80. The summed E-state index contributed by atoms with van der Waals surface area (Å²) in [6.07, 6.45) is 5.71. The van der Waals surface area contributed by atoms with Crippen molar-refractivity contribution in [1.29, 1.82) is 0 Å². The van der Waals surface area contributed by atoms with Crippen LogP contribution in [0.3, 0.4) is 0 Å². The third kappa shape index (κ3) is 0.815. The lowest BCUT2D eigenvalue weighted by Crippen LogP contribution is -2.43. The first-order chi connectivity index (χ1) is 6.32. The van der Waals surface area contributed by atoms with Gasteiger partial charge in [-0.25, -0.2) is 0 Å². The monoisotopic (exact) mass is 172 g/mol. The SMILES string of the molecule is CC12CCCCC1c1ccccc12. The summed E-state index contributed by atoms with van der Waals surface area (Å²) in [5, 5.41) is 0. The zero-order valence-electron chi connectivity index (χ0n) is 8.22. The van der Waals surface area contributed by atoms with Gasteiger partial charge >= 0.3 is 0 Å². The summed E-state index contributed by atoms with van der Waals surface area (Å²) < 4.78 is 0. The Hall–Kier alpha value is -0.780. The molecule has 1 fully saturated rings. The van der Waals surface area contributed by atoms with Crippen LogP contribution in [0.25, 0.3) is 0 Å². The van der Waals surface area contributed by atoms with Gasteiger partial charge in [0.2, 0.25) is 0 Å². The van der Waals surface area contributed by atoms with Crippen LogP contribution >= 0.6 is 0 Å². The number of hydrogen-bond donors (Lipinski definition) is 0. The Morgan fingerprint density at radius 1 is 1.23 bits per heavy atom. The molecule has 3 rings (SSSR count). The lowest BCUT2D eigenvalue weighted by atomic mass is 9.52. The number of hydrogen-bond acceptors (Lipinski definition) is 0. The van der Waals surface area contributed by atoms with Crippen molar-refractivity contribution in [3.8, 4) is 0 Å². The van der Waals surface area contributed by atoms with E-state index in [0.29, 0.717) is 5.41 Å². The molecule has 13 heavy (non-hydrogen) atoms. The van der Waals surface area contributed by atoms with E-state index in [1.807, 2.05) is 0 Å². The first-order valence-corrected chi connectivity index (χ1v) is 5.42. The summed E-state index contributed by atoms with van der Waals surface area (Å²) >= 11 is 0. The zero-order chi connectivity index (χ0) is 8.89. The minimum Gasteiger partial charge on any atom is -0.0620 e. The van der Waals surface area contributed by atoms with Gasteiger partial charge in [-0.3, -0.25) is 0 Å². The quantitative estimate of drug-likeness (QED) is 0.560. The van der Waals surface area contributed by atoms with E-state index in [2.05, 4.69) is 31.2 Å². The normalized spacial score (nSPS) is 35.9. The molecule has 0 amide bonds. The largest absolute Gasteiger partial charge is 0.0620 e. The van der Waals surface area contributed by atoms with Crippen molar-refractivity contribution in [2.75, 3.05) is 0 Å². The molecule has 0 saturated heterocycles. The van der Waals surface area contributed by atoms with Crippen LogP contribution in [0.15, 0.2) is 24.3 Å². The van der Waals surface area contributed by atoms with E-state index < -0.39 is 0 Å². The predicted octanol–water partition coefficient (Wildman–Crippen LogP) is 3.62. The van der Waals surface area contributed by atoms with Gasteiger partial charge in [-0.05, 0) is 35.3 Å². The molecule has 0 radical (unpaired) electrons. The van der Waals surface area contributed by atoms with Crippen molar-refractivity contribution in [1.82, 2.24) is 0 Å². The first-order valence-electron chi connectivity index (χ1n) is 5.42. The second-order valence-electron chi connectivity index (χ2n) is 4.80. The molecule has 1 aromatic rings. The van der Waals surface area contributed by atoms with Crippen molar-refractivity contribution >= 4 is 0 Å². The van der Waals surface area contributed by atoms with Crippen molar-refractivity contribution in [3.05, 3.63) is 35.4 Å². The minimum absolute atomic E-state index is 0.550. The summed E-state index contributed by atoms with van der Waals surface area (Å²) in [6, 6.07) is 9.03. The Kier molecular flexibility index (Phi) is 1.39. The summed E-state index contributed by atoms with van der Waals surface area (Å²) in [4.78, 5) is 0. The van der Waals surface area contributed by atoms with Crippen LogP contribution in [0.5, 0.6) is 0 Å². The maximum Gasteiger partial charge on any atom is -0.000372 e. The van der Waals surface area contributed by atoms with Crippen LogP contribution in [-0.2, 0) is 5.41 Å². The fraction of sp³-hybridized carbons (Fsp3) is 0.538. The van der Waals surface area contributed by atoms with Crippen LogP contribution in [0.2, 0.25) is 0 Å². The first kappa shape index (κ1) is 7.61. The van der Waals surface area contributed by atoms with E-state index in [9.17, 15) is 0 Å². The Morgan fingerprint density at radius 3 is 3.00 bits per heavy atom. The third-order valence-corrected chi connectivity index (χ3v) is 4.16. The molecule has 1 aromatic carbocycles. The third-order valence-electron chi connectivity index (χ3n) is 4.16. The highest BCUT2D eigenvalue weighted by molar-refractivity contribution is 5.49. The van der Waals surface area contributed by atoms with Crippen molar-refractivity contribution in [2.45, 2.75) is 43.9 Å². The molecule has 68 valence electrons. The van der Waals surface area contributed by atoms with Gasteiger partial charge in [-0.1, -0.05) is 44.0 Å². The smallest absolute Gasteiger partial charge is 0.000372 e. The Balaban J connectivity index is 2.11. The highest BCUT2D eigenvalue weighted by atomic mass is 14.5. The zero-order valence-corrected chi connectivity index (χ0v) is 8.22. The van der Waals surface area contributed by atoms with E-state index >= 15 is 0 Å². The van der Waals surface area contributed by atoms with Gasteiger partial charge in [0.15, 0.2) is 0 Å². The molecule has 0 N–H and O–H groups in total. The van der Waals surface area contributed by atoms with Gasteiger partial charge in [0.25, 0.3) is 0 Å². The number of fused-ring (bicyclic) bond motifs is 4. The molecule has 2 atom stereocenters. The van der Waals surface area contributed by atoms with E-state index in [0.717, 1.165) is 5.92 Å². The molecule has 0 heterocycles. The summed E-state index contributed by atoms with van der Waals surface area (Å²) in [6.45, 7) is 2.46. The van der Waals surface area contributed by atoms with Gasteiger partial charge in [-0.15, -0.1) is 0 Å². The summed E-state index contributed by atoms with van der Waals surface area (Å²) in [5.41, 5.74) is 3.83. The van der Waals surface area contributed by atoms with Crippen LogP contribution < -0.4 is 0 Å². The van der Waals surface area contributed by atoms with Gasteiger partial charge < -0.3 is 0 Å². The van der Waals surface area contributed by atoms with E-state index in [1.54, 1.807) is 11.1 Å². The molecule has 0 bridgehead atoms. The molecule has 0 aliphatic heterocycles. The Labute approximate surface area is 80.0 Å². The Bertz CT molecular complexity index is 340. The summed E-state index contributed by atoms with van der Waals surface area (Å²) in [5.74, 6) is 0.887. The van der Waals surface area contributed by atoms with Crippen molar-refractivity contribution in [2.24, 2.45) is 0 Å². The van der Waals surface area contributed by atoms with Crippen LogP contribution in [0, 0.1) is 0 Å². The van der Waals surface area contributed by atoms with Crippen molar-refractivity contribution < 1.29 is 0 Å². The highest BCUT2D eigenvalue weighted by Crippen LogP contribution is 2.58. The van der Waals surface area contributed by atoms with Gasteiger partial charge in [0.05, 0.1) is 0 Å². The van der Waals surface area contributed by atoms with Gasteiger partial charge in [0, 0.05) is 0 Å². The molecule has 2 aliphatic rings. The van der Waals surface area contributed by atoms with E-state index in [-0.39, 0.29) is 0 Å². The number of benzene rings is 1. The van der Waals surface area contributed by atoms with Gasteiger partial charge in [0.1, 0.15) is 0 Å². The molecule has 2 aliphatic carbocycles. The van der Waals surface area contributed by atoms with E-state index in [1.165, 1.54) is 25.7 Å².